The van der Waals surface area contributed by atoms with Crippen molar-refractivity contribution >= 4 is 48.2 Å². The van der Waals surface area contributed by atoms with E-state index in [0.717, 1.165) is 4.90 Å². The second-order valence-electron chi connectivity index (χ2n) is 8.41. The van der Waals surface area contributed by atoms with Crippen LogP contribution in [0.15, 0.2) is 0 Å². The van der Waals surface area contributed by atoms with Crippen molar-refractivity contribution in [3.05, 3.63) is 0 Å². The fourth-order valence-corrected chi connectivity index (χ4v) is 4.35. The summed E-state index contributed by atoms with van der Waals surface area (Å²) in [5.74, 6) is -5.57. The van der Waals surface area contributed by atoms with E-state index in [-0.39, 0.29) is 18.7 Å². The maximum absolute atomic E-state index is 13.1. The molecule has 0 bridgehead atoms. The number of carbonyl (C=O) groups excluding carboxylic acids is 4. The van der Waals surface area contributed by atoms with Crippen molar-refractivity contribution in [3.8, 4) is 0 Å². The summed E-state index contributed by atoms with van der Waals surface area (Å²) in [5.41, 5.74) is 5.73. The zero-order chi connectivity index (χ0) is 26.3. The van der Waals surface area contributed by atoms with Crippen LogP contribution >= 0.6 is 12.6 Å². The van der Waals surface area contributed by atoms with E-state index in [0.29, 0.717) is 25.8 Å². The van der Waals surface area contributed by atoms with Crippen LogP contribution in [-0.4, -0.2) is 116 Å². The first-order valence-corrected chi connectivity index (χ1v) is 11.8. The van der Waals surface area contributed by atoms with Crippen molar-refractivity contribution in [2.24, 2.45) is 5.73 Å². The zero-order valence-electron chi connectivity index (χ0n) is 19.0. The van der Waals surface area contributed by atoms with Crippen LogP contribution in [0.3, 0.4) is 0 Å². The number of thiol groups is 1. The van der Waals surface area contributed by atoms with Gasteiger partial charge in [-0.05, 0) is 25.7 Å². The van der Waals surface area contributed by atoms with Gasteiger partial charge in [0.1, 0.15) is 24.2 Å². The summed E-state index contributed by atoms with van der Waals surface area (Å²) in [7, 11) is 0. The Balaban J connectivity index is 2.07. The van der Waals surface area contributed by atoms with E-state index >= 15 is 0 Å². The average molecular weight is 518 g/mol. The number of carbonyl (C=O) groups is 6. The van der Waals surface area contributed by atoms with Crippen molar-refractivity contribution in [1.82, 2.24) is 20.4 Å². The van der Waals surface area contributed by atoms with Crippen molar-refractivity contribution in [1.29, 1.82) is 0 Å². The highest BCUT2D eigenvalue weighted by atomic mass is 32.1. The van der Waals surface area contributed by atoms with Gasteiger partial charge in [0, 0.05) is 18.8 Å². The molecular weight excluding hydrogens is 486 g/mol. The summed E-state index contributed by atoms with van der Waals surface area (Å²) in [5, 5.41) is 32.3. The highest BCUT2D eigenvalue weighted by Gasteiger charge is 2.41. The minimum absolute atomic E-state index is 0.0923. The quantitative estimate of drug-likeness (QED) is 0.136. The zero-order valence-corrected chi connectivity index (χ0v) is 19.9. The SMILES string of the molecule is N[C@@H](CS)C(=O)N1CCC[C@H]1C(=O)N[C@@H](CO)C(=O)N1CCC[C@H]1C(=O)N[C@@H](CC(=O)O)C(=O)O. The van der Waals surface area contributed by atoms with Crippen molar-refractivity contribution < 1.29 is 44.1 Å². The minimum atomic E-state index is -1.68. The summed E-state index contributed by atoms with van der Waals surface area (Å²) in [6, 6.07) is -5.94. The van der Waals surface area contributed by atoms with Crippen LogP contribution in [0.25, 0.3) is 0 Å². The maximum Gasteiger partial charge on any atom is 0.326 e. The number of hydrogen-bond acceptors (Lipinski definition) is 9. The molecule has 2 rings (SSSR count). The van der Waals surface area contributed by atoms with Gasteiger partial charge in [-0.25, -0.2) is 4.79 Å². The topological polar surface area (TPSA) is 220 Å². The Hall–Kier alpha value is -2.91. The Kier molecular flexibility index (Phi) is 10.3. The number of nitrogens with zero attached hydrogens (tertiary/aromatic N) is 2. The molecule has 2 heterocycles. The average Bonchev–Trinajstić information content (AvgIpc) is 3.50. The molecule has 196 valence electrons. The van der Waals surface area contributed by atoms with Crippen LogP contribution in [0.5, 0.6) is 0 Å². The Morgan fingerprint density at radius 1 is 0.886 bits per heavy atom. The molecule has 2 aliphatic rings. The minimum Gasteiger partial charge on any atom is -0.481 e. The van der Waals surface area contributed by atoms with Crippen LogP contribution in [0, 0.1) is 0 Å². The fraction of sp³-hybridized carbons (Fsp3) is 0.700. The standard InChI is InChI=1S/C20H31N5O9S/c21-10(9-35)18(31)24-5-1-3-13(24)17(30)23-12(8-26)19(32)25-6-2-4-14(25)16(29)22-11(20(33)34)7-15(27)28/h10-14,26,35H,1-9,21H2,(H,22,29)(H,23,30)(H,27,28)(H,33,34)/t10-,11-,12-,13-,14-/m0/s1. The molecule has 4 amide bonds. The van der Waals surface area contributed by atoms with Crippen LogP contribution in [0.1, 0.15) is 32.1 Å². The Morgan fingerprint density at radius 2 is 1.37 bits per heavy atom. The number of hydrogen-bond donors (Lipinski definition) is 7. The first-order valence-electron chi connectivity index (χ1n) is 11.1. The Bertz CT molecular complexity index is 857. The first kappa shape index (κ1) is 28.3. The molecule has 0 unspecified atom stereocenters. The lowest BCUT2D eigenvalue weighted by Crippen LogP contribution is -2.59. The van der Waals surface area contributed by atoms with Crippen LogP contribution in [0.4, 0.5) is 0 Å². The van der Waals surface area contributed by atoms with Gasteiger partial charge in [0.2, 0.25) is 23.6 Å². The lowest BCUT2D eigenvalue weighted by molar-refractivity contribution is -0.148. The number of aliphatic hydroxyl groups is 1. The molecule has 5 atom stereocenters. The summed E-state index contributed by atoms with van der Waals surface area (Å²) >= 11 is 4.00. The monoisotopic (exact) mass is 517 g/mol. The van der Waals surface area contributed by atoms with E-state index in [1.165, 1.54) is 4.90 Å². The van der Waals surface area contributed by atoms with Gasteiger partial charge in [-0.1, -0.05) is 0 Å². The molecule has 2 fully saturated rings. The number of rotatable bonds is 11. The first-order chi connectivity index (χ1) is 16.5. The molecule has 0 aliphatic carbocycles. The molecule has 2 aliphatic heterocycles. The molecule has 0 aromatic carbocycles. The maximum atomic E-state index is 13.1. The van der Waals surface area contributed by atoms with E-state index in [1.54, 1.807) is 0 Å². The molecule has 0 aromatic rings. The molecule has 15 heteroatoms. The van der Waals surface area contributed by atoms with E-state index < -0.39 is 78.8 Å². The van der Waals surface area contributed by atoms with Crippen molar-refractivity contribution in [2.45, 2.75) is 62.3 Å². The van der Waals surface area contributed by atoms with Gasteiger partial charge in [-0.15, -0.1) is 0 Å². The number of carboxylic acids is 2. The number of carboxylic acid groups (broad SMARTS) is 2. The Labute approximate surface area is 206 Å². The van der Waals surface area contributed by atoms with E-state index in [4.69, 9.17) is 15.9 Å². The molecule has 35 heavy (non-hydrogen) atoms. The number of aliphatic hydroxyl groups excluding tert-OH is 1. The molecule has 0 radical (unpaired) electrons. The molecular formula is C20H31N5O9S. The van der Waals surface area contributed by atoms with Gasteiger partial charge in [0.05, 0.1) is 19.1 Å². The van der Waals surface area contributed by atoms with Gasteiger partial charge in [0.15, 0.2) is 0 Å². The lowest BCUT2D eigenvalue weighted by atomic mass is 10.1. The van der Waals surface area contributed by atoms with Gasteiger partial charge < -0.3 is 41.5 Å². The molecule has 0 saturated carbocycles. The number of nitrogens with one attached hydrogen (secondary N) is 2. The molecule has 0 spiro atoms. The van der Waals surface area contributed by atoms with Crippen LogP contribution < -0.4 is 16.4 Å². The van der Waals surface area contributed by atoms with Gasteiger partial charge in [-0.2, -0.15) is 12.6 Å². The molecule has 0 aromatic heterocycles. The van der Waals surface area contributed by atoms with E-state index in [2.05, 4.69) is 23.3 Å². The Morgan fingerprint density at radius 3 is 1.80 bits per heavy atom. The molecule has 14 nitrogen and oxygen atoms in total. The van der Waals surface area contributed by atoms with E-state index in [9.17, 15) is 33.9 Å². The third-order valence-electron chi connectivity index (χ3n) is 5.98. The summed E-state index contributed by atoms with van der Waals surface area (Å²) < 4.78 is 0. The normalized spacial score (nSPS) is 22.3. The second kappa shape index (κ2) is 12.7. The highest BCUT2D eigenvalue weighted by molar-refractivity contribution is 7.80. The number of aliphatic carboxylic acids is 2. The van der Waals surface area contributed by atoms with Gasteiger partial charge in [0.25, 0.3) is 0 Å². The number of likely N-dealkylation sites (tertiary alicyclic amines) is 2. The third kappa shape index (κ3) is 7.05. The summed E-state index contributed by atoms with van der Waals surface area (Å²) in [6.45, 7) is -0.348. The second-order valence-corrected chi connectivity index (χ2v) is 8.77. The summed E-state index contributed by atoms with van der Waals surface area (Å²) in [6.07, 6.45) is 0.647. The van der Waals surface area contributed by atoms with Crippen molar-refractivity contribution in [2.75, 3.05) is 25.4 Å². The third-order valence-corrected chi connectivity index (χ3v) is 6.37. The summed E-state index contributed by atoms with van der Waals surface area (Å²) in [4.78, 5) is 75.5. The predicted octanol–water partition coefficient (Wildman–Crippen LogP) is -3.25. The highest BCUT2D eigenvalue weighted by Crippen LogP contribution is 2.21. The van der Waals surface area contributed by atoms with E-state index in [1.807, 2.05) is 0 Å². The fourth-order valence-electron chi connectivity index (χ4n) is 4.19. The van der Waals surface area contributed by atoms with Crippen molar-refractivity contribution in [3.63, 3.8) is 0 Å². The molecule has 7 N–H and O–H groups in total. The predicted molar refractivity (Wildman–Crippen MR) is 122 cm³/mol. The van der Waals surface area contributed by atoms with Crippen LogP contribution in [-0.2, 0) is 28.8 Å². The van der Waals surface area contributed by atoms with Gasteiger partial charge >= 0.3 is 11.9 Å². The lowest BCUT2D eigenvalue weighted by Gasteiger charge is -2.30. The number of amides is 4. The molecule has 2 saturated heterocycles. The number of nitrogens with two attached hydrogens (primary N) is 1. The smallest absolute Gasteiger partial charge is 0.326 e. The largest absolute Gasteiger partial charge is 0.481 e. The van der Waals surface area contributed by atoms with Crippen LogP contribution in [0.2, 0.25) is 0 Å². The van der Waals surface area contributed by atoms with Gasteiger partial charge in [-0.3, -0.25) is 24.0 Å².